The van der Waals surface area contributed by atoms with Gasteiger partial charge in [-0.15, -0.1) is 0 Å². The first-order valence-corrected chi connectivity index (χ1v) is 5.57. The third kappa shape index (κ3) is 3.08. The van der Waals surface area contributed by atoms with Crippen LogP contribution >= 0.6 is 0 Å². The maximum absolute atomic E-state index is 11.4. The molecule has 0 spiro atoms. The van der Waals surface area contributed by atoms with E-state index in [4.69, 9.17) is 0 Å². The molecule has 0 bridgehead atoms. The Morgan fingerprint density at radius 3 is 2.69 bits per heavy atom. The van der Waals surface area contributed by atoms with E-state index in [0.29, 0.717) is 12.8 Å². The molecule has 0 aromatic carbocycles. The summed E-state index contributed by atoms with van der Waals surface area (Å²) in [6.07, 6.45) is 2.41. The predicted molar refractivity (Wildman–Crippen MR) is 62.7 cm³/mol. The molecule has 1 saturated heterocycles. The summed E-state index contributed by atoms with van der Waals surface area (Å²) in [5, 5.41) is 5.82. The highest BCUT2D eigenvalue weighted by molar-refractivity contribution is 5.87. The van der Waals surface area contributed by atoms with Crippen LogP contribution in [0.1, 0.15) is 33.6 Å². The zero-order chi connectivity index (χ0) is 12.3. The fourth-order valence-corrected chi connectivity index (χ4v) is 2.02. The number of hydrogen-bond donors (Lipinski definition) is 2. The fourth-order valence-electron chi connectivity index (χ4n) is 2.02. The Balaban J connectivity index is 2.76. The van der Waals surface area contributed by atoms with Crippen LogP contribution in [0.3, 0.4) is 0 Å². The summed E-state index contributed by atoms with van der Waals surface area (Å²) in [5.41, 5.74) is -0.0742. The number of carbonyl (C=O) groups excluding carboxylic acids is 2. The number of nitrogens with one attached hydrogen (secondary N) is 2. The molecule has 0 aromatic heterocycles. The van der Waals surface area contributed by atoms with Crippen LogP contribution < -0.4 is 10.6 Å². The lowest BCUT2D eigenvalue weighted by atomic mass is 9.79. The molecule has 2 amide bonds. The molecule has 0 unspecified atom stereocenters. The van der Waals surface area contributed by atoms with E-state index < -0.39 is 0 Å². The topological polar surface area (TPSA) is 58.2 Å². The van der Waals surface area contributed by atoms with Crippen LogP contribution in [0, 0.1) is 5.41 Å². The summed E-state index contributed by atoms with van der Waals surface area (Å²) in [5.74, 6) is -0.126. The molecule has 90 valence electrons. The van der Waals surface area contributed by atoms with Gasteiger partial charge in [0.25, 0.3) is 0 Å². The zero-order valence-corrected chi connectivity index (χ0v) is 10.2. The summed E-state index contributed by atoms with van der Waals surface area (Å²) < 4.78 is 0. The first kappa shape index (κ1) is 12.7. The van der Waals surface area contributed by atoms with E-state index in [1.165, 1.54) is 6.08 Å². The summed E-state index contributed by atoms with van der Waals surface area (Å²) >= 11 is 0. The Kier molecular flexibility index (Phi) is 3.73. The van der Waals surface area contributed by atoms with Gasteiger partial charge >= 0.3 is 0 Å². The van der Waals surface area contributed by atoms with Gasteiger partial charge in [-0.3, -0.25) is 9.59 Å². The third-order valence-corrected chi connectivity index (χ3v) is 2.85. The van der Waals surface area contributed by atoms with E-state index >= 15 is 0 Å². The minimum Gasteiger partial charge on any atom is -0.351 e. The van der Waals surface area contributed by atoms with Gasteiger partial charge in [0.2, 0.25) is 11.8 Å². The van der Waals surface area contributed by atoms with Crippen LogP contribution in [-0.4, -0.2) is 23.9 Å². The zero-order valence-electron chi connectivity index (χ0n) is 10.2. The molecule has 0 radical (unpaired) electrons. The van der Waals surface area contributed by atoms with Crippen LogP contribution in [0.5, 0.6) is 0 Å². The van der Waals surface area contributed by atoms with Gasteiger partial charge in [-0.2, -0.15) is 0 Å². The summed E-state index contributed by atoms with van der Waals surface area (Å²) in [6, 6.07) is -0.0409. The lowest BCUT2D eigenvalue weighted by Crippen LogP contribution is -2.60. The van der Waals surface area contributed by atoms with Crippen molar-refractivity contribution >= 4 is 11.8 Å². The van der Waals surface area contributed by atoms with Crippen LogP contribution in [0.15, 0.2) is 12.7 Å². The van der Waals surface area contributed by atoms with Gasteiger partial charge in [-0.05, 0) is 17.9 Å². The summed E-state index contributed by atoms with van der Waals surface area (Å²) in [4.78, 5) is 22.7. The maximum Gasteiger partial charge on any atom is 0.243 e. The lowest BCUT2D eigenvalue weighted by molar-refractivity contribution is -0.127. The molecular formula is C12H20N2O2. The van der Waals surface area contributed by atoms with Crippen molar-refractivity contribution in [2.24, 2.45) is 5.41 Å². The highest BCUT2D eigenvalue weighted by atomic mass is 16.2. The second-order valence-corrected chi connectivity index (χ2v) is 5.27. The van der Waals surface area contributed by atoms with Crippen LogP contribution in [0.2, 0.25) is 0 Å². The number of carbonyl (C=O) groups is 2. The average Bonchev–Trinajstić information content (AvgIpc) is 2.19. The molecule has 4 heteroatoms. The monoisotopic (exact) mass is 224 g/mol. The molecule has 4 nitrogen and oxygen atoms in total. The van der Waals surface area contributed by atoms with E-state index in [9.17, 15) is 9.59 Å². The number of hydrogen-bond acceptors (Lipinski definition) is 2. The number of amides is 2. The molecule has 1 aliphatic rings. The molecule has 0 saturated carbocycles. The largest absolute Gasteiger partial charge is 0.351 e. The molecule has 16 heavy (non-hydrogen) atoms. The molecule has 0 aromatic rings. The van der Waals surface area contributed by atoms with E-state index in [-0.39, 0.29) is 29.3 Å². The van der Waals surface area contributed by atoms with Crippen molar-refractivity contribution in [3.63, 3.8) is 0 Å². The van der Waals surface area contributed by atoms with Crippen molar-refractivity contribution in [3.8, 4) is 0 Å². The normalized spacial score (nSPS) is 25.8. The minimum atomic E-state index is -0.185. The van der Waals surface area contributed by atoms with Gasteiger partial charge in [0.1, 0.15) is 0 Å². The first-order chi connectivity index (χ1) is 7.34. The maximum atomic E-state index is 11.4. The fraction of sp³-hybridized carbons (Fsp3) is 0.667. The van der Waals surface area contributed by atoms with Gasteiger partial charge in [-0.1, -0.05) is 27.4 Å². The Morgan fingerprint density at radius 2 is 2.19 bits per heavy atom. The molecule has 1 aliphatic heterocycles. The third-order valence-electron chi connectivity index (χ3n) is 2.85. The van der Waals surface area contributed by atoms with Gasteiger partial charge < -0.3 is 10.6 Å². The molecule has 2 atom stereocenters. The van der Waals surface area contributed by atoms with Gasteiger partial charge in [0.15, 0.2) is 0 Å². The Labute approximate surface area is 96.5 Å². The van der Waals surface area contributed by atoms with Gasteiger partial charge in [0, 0.05) is 6.42 Å². The standard InChI is InChI=1S/C12H20N2O2/c1-5-9(15)13-8-6-7-10(16)14-11(8)12(2,3)4/h5,8,11H,1,6-7H2,2-4H3,(H,13,15)(H,14,16)/t8-,11-/m1/s1. The Morgan fingerprint density at radius 1 is 1.56 bits per heavy atom. The average molecular weight is 224 g/mol. The summed E-state index contributed by atoms with van der Waals surface area (Å²) in [7, 11) is 0. The quantitative estimate of drug-likeness (QED) is 0.687. The minimum absolute atomic E-state index is 0.0109. The highest BCUT2D eigenvalue weighted by Crippen LogP contribution is 2.26. The first-order valence-electron chi connectivity index (χ1n) is 5.57. The number of rotatable bonds is 2. The van der Waals surface area contributed by atoms with Crippen molar-refractivity contribution in [2.45, 2.75) is 45.7 Å². The highest BCUT2D eigenvalue weighted by Gasteiger charge is 2.37. The van der Waals surface area contributed by atoms with Crippen molar-refractivity contribution in [1.29, 1.82) is 0 Å². The smallest absolute Gasteiger partial charge is 0.243 e. The molecule has 1 rings (SSSR count). The van der Waals surface area contributed by atoms with Crippen molar-refractivity contribution < 1.29 is 9.59 Å². The lowest BCUT2D eigenvalue weighted by Gasteiger charge is -2.40. The molecule has 2 N–H and O–H groups in total. The van der Waals surface area contributed by atoms with E-state index in [0.717, 1.165) is 0 Å². The molecule has 1 fully saturated rings. The van der Waals surface area contributed by atoms with Crippen molar-refractivity contribution in [1.82, 2.24) is 10.6 Å². The Bertz CT molecular complexity index is 305. The van der Waals surface area contributed by atoms with Gasteiger partial charge in [-0.25, -0.2) is 0 Å². The van der Waals surface area contributed by atoms with Crippen LogP contribution in [-0.2, 0) is 9.59 Å². The molecular weight excluding hydrogens is 204 g/mol. The number of piperidine rings is 1. The molecule has 0 aliphatic carbocycles. The van der Waals surface area contributed by atoms with E-state index in [2.05, 4.69) is 38.0 Å². The SMILES string of the molecule is C=CC(=O)N[C@@H]1CCC(=O)N[C@H]1C(C)(C)C. The molecule has 1 heterocycles. The van der Waals surface area contributed by atoms with E-state index in [1.807, 2.05) is 0 Å². The van der Waals surface area contributed by atoms with Crippen molar-refractivity contribution in [2.75, 3.05) is 0 Å². The second kappa shape index (κ2) is 4.68. The Hall–Kier alpha value is -1.32. The summed E-state index contributed by atoms with van der Waals surface area (Å²) in [6.45, 7) is 9.58. The van der Waals surface area contributed by atoms with Gasteiger partial charge in [0.05, 0.1) is 12.1 Å². The predicted octanol–water partition coefficient (Wildman–Crippen LogP) is 0.982. The van der Waals surface area contributed by atoms with E-state index in [1.54, 1.807) is 0 Å². The van der Waals surface area contributed by atoms with Crippen molar-refractivity contribution in [3.05, 3.63) is 12.7 Å². The second-order valence-electron chi connectivity index (χ2n) is 5.27. The van der Waals surface area contributed by atoms with Crippen LogP contribution in [0.4, 0.5) is 0 Å². The van der Waals surface area contributed by atoms with Crippen LogP contribution in [0.25, 0.3) is 0 Å².